The van der Waals surface area contributed by atoms with Gasteiger partial charge in [0.15, 0.2) is 5.82 Å². The van der Waals surface area contributed by atoms with Gasteiger partial charge in [-0.15, -0.1) is 0 Å². The van der Waals surface area contributed by atoms with E-state index in [0.29, 0.717) is 6.04 Å². The maximum atomic E-state index is 4.69. The second kappa shape index (κ2) is 7.66. The van der Waals surface area contributed by atoms with Crippen molar-refractivity contribution in [3.63, 3.8) is 0 Å². The van der Waals surface area contributed by atoms with E-state index in [4.69, 9.17) is 0 Å². The molecule has 1 N–H and O–H groups in total. The highest BCUT2D eigenvalue weighted by molar-refractivity contribution is 7.96. The van der Waals surface area contributed by atoms with Crippen LogP contribution in [0.5, 0.6) is 0 Å². The van der Waals surface area contributed by atoms with Crippen molar-refractivity contribution in [2.75, 3.05) is 24.7 Å². The summed E-state index contributed by atoms with van der Waals surface area (Å²) < 4.78 is 4.46. The molecule has 0 fully saturated rings. The summed E-state index contributed by atoms with van der Waals surface area (Å²) in [5, 5.41) is 3.31. The van der Waals surface area contributed by atoms with E-state index in [1.165, 1.54) is 5.57 Å². The number of nitrogens with zero attached hydrogens (tertiary/aromatic N) is 6. The van der Waals surface area contributed by atoms with Gasteiger partial charge in [-0.25, -0.2) is 24.2 Å². The quantitative estimate of drug-likeness (QED) is 0.672. The van der Waals surface area contributed by atoms with Crippen LogP contribution in [-0.2, 0) is 0 Å². The van der Waals surface area contributed by atoms with Gasteiger partial charge in [0.05, 0.1) is 18.0 Å². The predicted molar refractivity (Wildman–Crippen MR) is 111 cm³/mol. The van der Waals surface area contributed by atoms with Gasteiger partial charge < -0.3 is 9.88 Å². The number of fused-ring (bicyclic) bond motifs is 1. The number of anilines is 2. The first kappa shape index (κ1) is 17.9. The van der Waals surface area contributed by atoms with E-state index in [2.05, 4.69) is 60.3 Å². The fourth-order valence-electron chi connectivity index (χ4n) is 3.14. The fourth-order valence-corrected chi connectivity index (χ4v) is 3.64. The molecule has 0 atom stereocenters. The molecule has 0 spiro atoms. The lowest BCUT2D eigenvalue weighted by Crippen LogP contribution is -2.21. The number of rotatable bonds is 5. The second-order valence-corrected chi connectivity index (χ2v) is 7.63. The lowest BCUT2D eigenvalue weighted by atomic mass is 10.1. The number of imidazole rings is 1. The van der Waals surface area contributed by atoms with Crippen molar-refractivity contribution in [1.82, 2.24) is 28.8 Å². The number of hydrogen-bond acceptors (Lipinski definition) is 7. The molecule has 4 rings (SSSR count). The van der Waals surface area contributed by atoms with Crippen LogP contribution < -0.4 is 5.32 Å². The summed E-state index contributed by atoms with van der Waals surface area (Å²) in [6.45, 7) is 6.23. The topological polar surface area (TPSA) is 71.8 Å². The molecule has 0 unspecified atom stereocenters. The normalized spacial score (nSPS) is 15.3. The second-order valence-electron chi connectivity index (χ2n) is 6.74. The van der Waals surface area contributed by atoms with Gasteiger partial charge >= 0.3 is 0 Å². The van der Waals surface area contributed by atoms with Crippen LogP contribution in [0.4, 0.5) is 11.6 Å². The van der Waals surface area contributed by atoms with Crippen LogP contribution in [0.1, 0.15) is 32.1 Å². The third kappa shape index (κ3) is 3.81. The SMILES string of the molecule is CSN1CC=C(c2nccc(Nc3cc4c(cn3)ncn4C(C)C)n2)CC1. The van der Waals surface area contributed by atoms with E-state index in [1.54, 1.807) is 24.3 Å². The summed E-state index contributed by atoms with van der Waals surface area (Å²) in [7, 11) is 0. The molecule has 1 aliphatic rings. The highest BCUT2D eigenvalue weighted by Gasteiger charge is 2.14. The average Bonchev–Trinajstić information content (AvgIpc) is 3.12. The van der Waals surface area contributed by atoms with Crippen LogP contribution >= 0.6 is 11.9 Å². The summed E-state index contributed by atoms with van der Waals surface area (Å²) >= 11 is 1.77. The van der Waals surface area contributed by atoms with E-state index < -0.39 is 0 Å². The third-order valence-electron chi connectivity index (χ3n) is 4.65. The molecule has 0 saturated heterocycles. The van der Waals surface area contributed by atoms with Gasteiger partial charge in [0.2, 0.25) is 0 Å². The molecule has 1 aliphatic heterocycles. The molecule has 27 heavy (non-hydrogen) atoms. The minimum absolute atomic E-state index is 0.343. The molecule has 0 amide bonds. The van der Waals surface area contributed by atoms with Gasteiger partial charge in [-0.2, -0.15) is 0 Å². The number of pyridine rings is 1. The summed E-state index contributed by atoms with van der Waals surface area (Å²) in [5.41, 5.74) is 3.15. The molecule has 3 aromatic heterocycles. The van der Waals surface area contributed by atoms with E-state index in [1.807, 2.05) is 18.5 Å². The van der Waals surface area contributed by atoms with Crippen LogP contribution in [0.3, 0.4) is 0 Å². The van der Waals surface area contributed by atoms with Crippen molar-refractivity contribution in [3.8, 4) is 0 Å². The van der Waals surface area contributed by atoms with Crippen molar-refractivity contribution in [2.45, 2.75) is 26.3 Å². The van der Waals surface area contributed by atoms with Crippen LogP contribution in [0.15, 0.2) is 36.9 Å². The van der Waals surface area contributed by atoms with Crippen LogP contribution in [0.2, 0.25) is 0 Å². The summed E-state index contributed by atoms with van der Waals surface area (Å²) in [6.07, 6.45) is 10.7. The maximum absolute atomic E-state index is 4.69. The molecule has 0 aliphatic carbocycles. The van der Waals surface area contributed by atoms with E-state index in [0.717, 1.165) is 48.0 Å². The Bertz CT molecular complexity index is 979. The van der Waals surface area contributed by atoms with Crippen molar-refractivity contribution in [3.05, 3.63) is 42.8 Å². The molecule has 0 radical (unpaired) electrons. The van der Waals surface area contributed by atoms with Gasteiger partial charge in [0, 0.05) is 31.4 Å². The third-order valence-corrected chi connectivity index (χ3v) is 5.49. The molecule has 3 aromatic rings. The van der Waals surface area contributed by atoms with E-state index in [-0.39, 0.29) is 0 Å². The monoisotopic (exact) mass is 381 g/mol. The van der Waals surface area contributed by atoms with Crippen molar-refractivity contribution in [2.24, 2.45) is 0 Å². The maximum Gasteiger partial charge on any atom is 0.157 e. The largest absolute Gasteiger partial charge is 0.328 e. The van der Waals surface area contributed by atoms with Gasteiger partial charge in [-0.05, 0) is 38.2 Å². The first-order valence-corrected chi connectivity index (χ1v) is 10.2. The molecule has 140 valence electrons. The molecule has 8 heteroatoms. The minimum Gasteiger partial charge on any atom is -0.328 e. The highest BCUT2D eigenvalue weighted by atomic mass is 32.2. The molecule has 4 heterocycles. The van der Waals surface area contributed by atoms with E-state index in [9.17, 15) is 0 Å². The Morgan fingerprint density at radius 3 is 2.81 bits per heavy atom. The fraction of sp³-hybridized carbons (Fsp3) is 0.368. The zero-order valence-electron chi connectivity index (χ0n) is 15.8. The van der Waals surface area contributed by atoms with Crippen molar-refractivity contribution in [1.29, 1.82) is 0 Å². The number of aromatic nitrogens is 5. The summed E-state index contributed by atoms with van der Waals surface area (Å²) in [5.74, 6) is 2.28. The molecule has 0 saturated carbocycles. The highest BCUT2D eigenvalue weighted by Crippen LogP contribution is 2.24. The first-order chi connectivity index (χ1) is 13.1. The average molecular weight is 382 g/mol. The zero-order valence-corrected chi connectivity index (χ0v) is 16.6. The molecular formula is C19H23N7S. The summed E-state index contributed by atoms with van der Waals surface area (Å²) in [6, 6.07) is 4.22. The number of nitrogens with one attached hydrogen (secondary N) is 1. The van der Waals surface area contributed by atoms with Crippen molar-refractivity contribution >= 4 is 40.2 Å². The Balaban J connectivity index is 1.57. The standard InChI is InChI=1S/C19H23N7S/c1-13(2)26-12-22-15-11-21-18(10-16(15)26)23-17-4-7-20-19(24-17)14-5-8-25(27-3)9-6-14/h4-5,7,10-13H,6,8-9H2,1-3H3,(H,20,21,23,24). The van der Waals surface area contributed by atoms with Gasteiger partial charge in [0.25, 0.3) is 0 Å². The van der Waals surface area contributed by atoms with Gasteiger partial charge in [0.1, 0.15) is 17.2 Å². The zero-order chi connectivity index (χ0) is 18.8. The Hall–Kier alpha value is -2.45. The summed E-state index contributed by atoms with van der Waals surface area (Å²) in [4.78, 5) is 18.0. The predicted octanol–water partition coefficient (Wildman–Crippen LogP) is 3.91. The van der Waals surface area contributed by atoms with Gasteiger partial charge in [-0.1, -0.05) is 18.0 Å². The Morgan fingerprint density at radius 1 is 1.19 bits per heavy atom. The van der Waals surface area contributed by atoms with Crippen LogP contribution in [0.25, 0.3) is 16.6 Å². The molecule has 0 aromatic carbocycles. The lowest BCUT2D eigenvalue weighted by molar-refractivity contribution is 0.517. The number of hydrogen-bond donors (Lipinski definition) is 1. The molecular weight excluding hydrogens is 358 g/mol. The van der Waals surface area contributed by atoms with Crippen LogP contribution in [0, 0.1) is 0 Å². The van der Waals surface area contributed by atoms with Crippen LogP contribution in [-0.4, -0.2) is 48.2 Å². The first-order valence-electron chi connectivity index (χ1n) is 9.05. The van der Waals surface area contributed by atoms with E-state index >= 15 is 0 Å². The minimum atomic E-state index is 0.343. The van der Waals surface area contributed by atoms with Crippen molar-refractivity contribution < 1.29 is 0 Å². The molecule has 0 bridgehead atoms. The Labute approximate surface area is 163 Å². The van der Waals surface area contributed by atoms with Gasteiger partial charge in [-0.3, -0.25) is 0 Å². The lowest BCUT2D eigenvalue weighted by Gasteiger charge is -2.23. The Kier molecular flexibility index (Phi) is 5.09. The Morgan fingerprint density at radius 2 is 2.07 bits per heavy atom. The molecule has 7 nitrogen and oxygen atoms in total. The smallest absolute Gasteiger partial charge is 0.157 e.